The van der Waals surface area contributed by atoms with Crippen molar-refractivity contribution in [1.82, 2.24) is 15.0 Å². The average Bonchev–Trinajstić information content (AvgIpc) is 3.21. The fraction of sp³-hybridized carbons (Fsp3) is 0.304. The highest BCUT2D eigenvalue weighted by Gasteiger charge is 2.16. The molecule has 0 radical (unpaired) electrons. The van der Waals surface area contributed by atoms with Gasteiger partial charge in [-0.25, -0.2) is 0 Å². The third-order valence-electron chi connectivity index (χ3n) is 4.77. The van der Waals surface area contributed by atoms with E-state index < -0.39 is 0 Å². The third-order valence-corrected chi connectivity index (χ3v) is 5.01. The summed E-state index contributed by atoms with van der Waals surface area (Å²) in [7, 11) is 1.58. The number of benzene rings is 2. The predicted molar refractivity (Wildman–Crippen MR) is 120 cm³/mol. The normalized spacial score (nSPS) is 10.9. The van der Waals surface area contributed by atoms with Crippen molar-refractivity contribution in [3.63, 3.8) is 0 Å². The summed E-state index contributed by atoms with van der Waals surface area (Å²) in [6.07, 6.45) is 0.463. The molecule has 1 aromatic heterocycles. The first kappa shape index (κ1) is 22.5. The molecule has 3 rings (SSSR count). The van der Waals surface area contributed by atoms with Crippen LogP contribution < -0.4 is 5.32 Å². The standard InChI is InChI=1S/C23H25ClN4O3/c1-15(2)16-7-9-17(10-8-16)23-26-21(31-27-23)11-12-22(30)28(3)14-20(29)25-19-6-4-5-18(24)13-19/h4-10,13,15H,11-12,14H2,1-3H3,(H,25,29). The smallest absolute Gasteiger partial charge is 0.243 e. The SMILES string of the molecule is CC(C)c1ccc(-c2noc(CCC(=O)N(C)CC(=O)Nc3cccc(Cl)c3)n2)cc1. The number of aryl methyl sites for hydroxylation is 1. The van der Waals surface area contributed by atoms with E-state index in [0.717, 1.165) is 5.56 Å². The molecule has 0 atom stereocenters. The number of nitrogens with one attached hydrogen (secondary N) is 1. The van der Waals surface area contributed by atoms with E-state index >= 15 is 0 Å². The van der Waals surface area contributed by atoms with Crippen molar-refractivity contribution >= 4 is 29.1 Å². The summed E-state index contributed by atoms with van der Waals surface area (Å²) in [6.45, 7) is 4.20. The maximum Gasteiger partial charge on any atom is 0.243 e. The highest BCUT2D eigenvalue weighted by atomic mass is 35.5. The molecule has 0 bridgehead atoms. The molecule has 0 spiro atoms. The fourth-order valence-corrected chi connectivity index (χ4v) is 3.16. The van der Waals surface area contributed by atoms with E-state index in [1.165, 1.54) is 10.5 Å². The molecule has 1 heterocycles. The summed E-state index contributed by atoms with van der Waals surface area (Å²) in [5.74, 6) is 0.829. The number of likely N-dealkylation sites (N-methyl/N-ethyl adjacent to an activating group) is 1. The highest BCUT2D eigenvalue weighted by molar-refractivity contribution is 6.30. The summed E-state index contributed by atoms with van der Waals surface area (Å²) in [5.41, 5.74) is 2.68. The number of anilines is 1. The van der Waals surface area contributed by atoms with Crippen LogP contribution in [0, 0.1) is 0 Å². The second kappa shape index (κ2) is 10.2. The number of carbonyl (C=O) groups excluding carboxylic acids is 2. The Morgan fingerprint density at radius 3 is 2.58 bits per heavy atom. The van der Waals surface area contributed by atoms with Crippen molar-refractivity contribution in [1.29, 1.82) is 0 Å². The van der Waals surface area contributed by atoms with Crippen LogP contribution in [0.4, 0.5) is 5.69 Å². The lowest BCUT2D eigenvalue weighted by atomic mass is 10.0. The monoisotopic (exact) mass is 440 g/mol. The number of aromatic nitrogens is 2. The average molecular weight is 441 g/mol. The van der Waals surface area contributed by atoms with Crippen molar-refractivity contribution < 1.29 is 14.1 Å². The number of rotatable bonds is 8. The van der Waals surface area contributed by atoms with E-state index in [2.05, 4.69) is 29.3 Å². The number of carbonyl (C=O) groups is 2. The zero-order valence-electron chi connectivity index (χ0n) is 17.8. The topological polar surface area (TPSA) is 88.3 Å². The Morgan fingerprint density at radius 1 is 1.16 bits per heavy atom. The lowest BCUT2D eigenvalue weighted by molar-refractivity contribution is -0.133. The fourth-order valence-electron chi connectivity index (χ4n) is 2.97. The predicted octanol–water partition coefficient (Wildman–Crippen LogP) is 4.54. The van der Waals surface area contributed by atoms with Gasteiger partial charge in [0.15, 0.2) is 0 Å². The van der Waals surface area contributed by atoms with Crippen molar-refractivity contribution in [2.75, 3.05) is 18.9 Å². The van der Waals surface area contributed by atoms with Crippen LogP contribution in [0.25, 0.3) is 11.4 Å². The van der Waals surface area contributed by atoms with Crippen molar-refractivity contribution in [2.45, 2.75) is 32.6 Å². The van der Waals surface area contributed by atoms with Gasteiger partial charge < -0.3 is 14.7 Å². The van der Waals surface area contributed by atoms with E-state index in [9.17, 15) is 9.59 Å². The van der Waals surface area contributed by atoms with Crippen molar-refractivity contribution in [3.05, 3.63) is 65.0 Å². The molecule has 0 aliphatic rings. The molecule has 0 saturated carbocycles. The van der Waals surface area contributed by atoms with Gasteiger partial charge in [-0.15, -0.1) is 0 Å². The van der Waals surface area contributed by atoms with E-state index in [1.54, 1.807) is 31.3 Å². The van der Waals surface area contributed by atoms with Gasteiger partial charge in [0.05, 0.1) is 6.54 Å². The summed E-state index contributed by atoms with van der Waals surface area (Å²) in [6, 6.07) is 14.8. The summed E-state index contributed by atoms with van der Waals surface area (Å²) in [4.78, 5) is 30.3. The Hall–Kier alpha value is -3.19. The molecule has 2 amide bonds. The van der Waals surface area contributed by atoms with Crippen LogP contribution >= 0.6 is 11.6 Å². The molecule has 7 nitrogen and oxygen atoms in total. The van der Waals surface area contributed by atoms with Gasteiger partial charge in [-0.2, -0.15) is 4.98 Å². The minimum Gasteiger partial charge on any atom is -0.339 e. The number of hydrogen-bond acceptors (Lipinski definition) is 5. The van der Waals surface area contributed by atoms with Crippen LogP contribution in [0.1, 0.15) is 37.6 Å². The molecule has 0 unspecified atom stereocenters. The second-order valence-electron chi connectivity index (χ2n) is 7.60. The lowest BCUT2D eigenvalue weighted by Crippen LogP contribution is -2.35. The Bertz CT molecular complexity index is 1050. The zero-order valence-corrected chi connectivity index (χ0v) is 18.5. The molecule has 8 heteroatoms. The van der Waals surface area contributed by atoms with Gasteiger partial charge in [-0.3, -0.25) is 9.59 Å². The Labute approximate surface area is 186 Å². The molecule has 0 aliphatic heterocycles. The van der Waals surface area contributed by atoms with Crippen molar-refractivity contribution in [2.24, 2.45) is 0 Å². The van der Waals surface area contributed by atoms with Crippen LogP contribution in [0.3, 0.4) is 0 Å². The first-order valence-corrected chi connectivity index (χ1v) is 10.4. The van der Waals surface area contributed by atoms with Crippen LogP contribution in [0.5, 0.6) is 0 Å². The largest absolute Gasteiger partial charge is 0.339 e. The molecule has 0 fully saturated rings. The molecular weight excluding hydrogens is 416 g/mol. The summed E-state index contributed by atoms with van der Waals surface area (Å²) < 4.78 is 5.27. The van der Waals surface area contributed by atoms with Crippen LogP contribution in [-0.2, 0) is 16.0 Å². The van der Waals surface area contributed by atoms with Gasteiger partial charge in [-0.1, -0.05) is 60.9 Å². The summed E-state index contributed by atoms with van der Waals surface area (Å²) in [5, 5.41) is 7.24. The maximum absolute atomic E-state index is 12.4. The highest BCUT2D eigenvalue weighted by Crippen LogP contribution is 2.21. The van der Waals surface area contributed by atoms with Gasteiger partial charge in [0, 0.05) is 36.2 Å². The minimum atomic E-state index is -0.303. The van der Waals surface area contributed by atoms with Crippen molar-refractivity contribution in [3.8, 4) is 11.4 Å². The maximum atomic E-state index is 12.4. The van der Waals surface area contributed by atoms with Crippen LogP contribution in [-0.4, -0.2) is 40.4 Å². The molecule has 3 aromatic rings. The lowest BCUT2D eigenvalue weighted by Gasteiger charge is -2.16. The molecule has 162 valence electrons. The zero-order chi connectivity index (χ0) is 22.4. The minimum absolute atomic E-state index is 0.0668. The number of nitrogens with zero attached hydrogens (tertiary/aromatic N) is 3. The van der Waals surface area contributed by atoms with Gasteiger partial charge in [0.25, 0.3) is 0 Å². The van der Waals surface area contributed by atoms with Gasteiger partial charge in [-0.05, 0) is 29.7 Å². The summed E-state index contributed by atoms with van der Waals surface area (Å²) >= 11 is 5.91. The number of hydrogen-bond donors (Lipinski definition) is 1. The number of amides is 2. The van der Waals surface area contributed by atoms with Crippen LogP contribution in [0.15, 0.2) is 53.1 Å². The van der Waals surface area contributed by atoms with E-state index in [4.69, 9.17) is 16.1 Å². The van der Waals surface area contributed by atoms with Crippen LogP contribution in [0.2, 0.25) is 5.02 Å². The second-order valence-corrected chi connectivity index (χ2v) is 8.03. The number of halogens is 1. The first-order valence-electron chi connectivity index (χ1n) is 10.0. The van der Waals surface area contributed by atoms with E-state index in [0.29, 0.717) is 34.8 Å². The quantitative estimate of drug-likeness (QED) is 0.555. The van der Waals surface area contributed by atoms with Gasteiger partial charge >= 0.3 is 0 Å². The molecule has 0 saturated heterocycles. The molecule has 2 aromatic carbocycles. The third kappa shape index (κ3) is 6.39. The Kier molecular flexibility index (Phi) is 7.41. The van der Waals surface area contributed by atoms with Gasteiger partial charge in [0.2, 0.25) is 23.5 Å². The van der Waals surface area contributed by atoms with E-state index in [1.807, 2.05) is 24.3 Å². The first-order chi connectivity index (χ1) is 14.8. The molecule has 1 N–H and O–H groups in total. The molecular formula is C23H25ClN4O3. The molecule has 31 heavy (non-hydrogen) atoms. The van der Waals surface area contributed by atoms with E-state index in [-0.39, 0.29) is 24.8 Å². The Balaban J connectivity index is 1.49. The Morgan fingerprint density at radius 2 is 1.90 bits per heavy atom. The van der Waals surface area contributed by atoms with Gasteiger partial charge in [0.1, 0.15) is 0 Å². The molecule has 0 aliphatic carbocycles.